The Bertz CT molecular complexity index is 1590. The van der Waals surface area contributed by atoms with Crippen molar-refractivity contribution >= 4 is 17.1 Å². The molecule has 10 heteroatoms. The maximum Gasteiger partial charge on any atom is 0.305 e. The van der Waals surface area contributed by atoms with Gasteiger partial charge in [0.15, 0.2) is 11.2 Å². The van der Waals surface area contributed by atoms with Crippen LogP contribution in [0.25, 0.3) is 11.2 Å². The zero-order valence-corrected chi connectivity index (χ0v) is 28.5. The fraction of sp³-hybridized carbons (Fsp3) is 0.784. The van der Waals surface area contributed by atoms with E-state index in [1.54, 1.807) is 17.8 Å². The molecule has 0 saturated heterocycles. The molecule has 3 unspecified atom stereocenters. The maximum atomic E-state index is 13.0. The molecule has 7 rings (SSSR count). The summed E-state index contributed by atoms with van der Waals surface area (Å²) in [5.41, 5.74) is 1.50. The van der Waals surface area contributed by atoms with Crippen LogP contribution in [-0.4, -0.2) is 65.7 Å². The van der Waals surface area contributed by atoms with Gasteiger partial charge in [-0.2, -0.15) is 0 Å². The largest absolute Gasteiger partial charge is 0.465 e. The van der Waals surface area contributed by atoms with E-state index in [0.29, 0.717) is 53.9 Å². The van der Waals surface area contributed by atoms with Crippen LogP contribution in [0.4, 0.5) is 0 Å². The zero-order chi connectivity index (χ0) is 33.4. The minimum absolute atomic E-state index is 0.0782. The van der Waals surface area contributed by atoms with Gasteiger partial charge in [0.1, 0.15) is 12.4 Å². The number of hydrogen-bond acceptors (Lipinski definition) is 8. The number of aryl methyl sites for hydroxylation is 1. The Kier molecular flexibility index (Phi) is 8.48. The Hall–Kier alpha value is -2.56. The molecule has 5 aliphatic carbocycles. The molecular formula is C37H54N4O6. The summed E-state index contributed by atoms with van der Waals surface area (Å²) in [4.78, 5) is 36.7. The van der Waals surface area contributed by atoms with E-state index in [2.05, 4.69) is 42.3 Å². The first kappa shape index (κ1) is 33.0. The van der Waals surface area contributed by atoms with Gasteiger partial charge in [-0.25, -0.2) is 9.97 Å². The number of aliphatic hydroxyl groups is 3. The number of H-pyrrole nitrogens is 1. The molecule has 13 atom stereocenters. The molecule has 0 aliphatic heterocycles. The van der Waals surface area contributed by atoms with E-state index in [1.165, 1.54) is 25.7 Å². The van der Waals surface area contributed by atoms with Crippen LogP contribution in [0.15, 0.2) is 23.3 Å². The second-order valence-electron chi connectivity index (χ2n) is 16.6. The third-order valence-corrected chi connectivity index (χ3v) is 14.4. The Labute approximate surface area is 277 Å². The minimum atomic E-state index is -0.722. The summed E-state index contributed by atoms with van der Waals surface area (Å²) in [6.07, 6.45) is 10.0. The van der Waals surface area contributed by atoms with Gasteiger partial charge in [-0.1, -0.05) is 27.4 Å². The van der Waals surface area contributed by atoms with Crippen molar-refractivity contribution in [2.24, 2.45) is 52.3 Å². The smallest absolute Gasteiger partial charge is 0.305 e. The first-order valence-corrected chi connectivity index (χ1v) is 18.1. The highest BCUT2D eigenvalue weighted by Gasteiger charge is 2.62. The molecule has 0 spiro atoms. The standard InChI is InChI=1S/C37H54N4O6/c1-19(25-7-8-26-23-15-31(44)28-14-22(42)10-12-37(28,5)27(23)11-13-36(25,26)4)6-9-32(45)47-17-24-20(2)29(16-30(24)43)41-18-38-33-34(41)39-21(3)40-35(33)46/h18-19,22-31,42-44H,2,6-17H2,1,3-5H3,(H,39,40,46)/t19-,22-,23?,24+,25-,26?,27?,28+,29+,30+,31+,36-,37-/m1/s1. The molecule has 2 aromatic heterocycles. The number of esters is 1. The van der Waals surface area contributed by atoms with E-state index in [-0.39, 0.29) is 58.6 Å². The summed E-state index contributed by atoms with van der Waals surface area (Å²) in [5.74, 6) is 2.77. The Balaban J connectivity index is 0.940. The lowest BCUT2D eigenvalue weighted by Gasteiger charge is -2.62. The van der Waals surface area contributed by atoms with Crippen LogP contribution >= 0.6 is 0 Å². The van der Waals surface area contributed by atoms with E-state index in [4.69, 9.17) is 4.74 Å². The van der Waals surface area contributed by atoms with Gasteiger partial charge >= 0.3 is 5.97 Å². The highest BCUT2D eigenvalue weighted by Crippen LogP contribution is 2.68. The highest BCUT2D eigenvalue weighted by molar-refractivity contribution is 5.70. The summed E-state index contributed by atoms with van der Waals surface area (Å²) in [5, 5.41) is 32.6. The van der Waals surface area contributed by atoms with E-state index in [9.17, 15) is 24.9 Å². The molecule has 47 heavy (non-hydrogen) atoms. The van der Waals surface area contributed by atoms with Crippen molar-refractivity contribution < 1.29 is 24.9 Å². The summed E-state index contributed by atoms with van der Waals surface area (Å²) >= 11 is 0. The van der Waals surface area contributed by atoms with Gasteiger partial charge in [-0.05, 0) is 123 Å². The number of aromatic amines is 1. The predicted octanol–water partition coefficient (Wildman–Crippen LogP) is 4.86. The molecule has 258 valence electrons. The van der Waals surface area contributed by atoms with Gasteiger partial charge in [-0.15, -0.1) is 0 Å². The summed E-state index contributed by atoms with van der Waals surface area (Å²) < 4.78 is 7.55. The van der Waals surface area contributed by atoms with Gasteiger partial charge < -0.3 is 29.6 Å². The van der Waals surface area contributed by atoms with Crippen LogP contribution < -0.4 is 5.56 Å². The van der Waals surface area contributed by atoms with Crippen molar-refractivity contribution in [1.82, 2.24) is 19.5 Å². The maximum absolute atomic E-state index is 13.0. The number of hydrogen-bond donors (Lipinski definition) is 4. The van der Waals surface area contributed by atoms with Gasteiger partial charge in [0.25, 0.3) is 5.56 Å². The highest BCUT2D eigenvalue weighted by atomic mass is 16.5. The Morgan fingerprint density at radius 2 is 1.81 bits per heavy atom. The van der Waals surface area contributed by atoms with Gasteiger partial charge in [0.2, 0.25) is 0 Å². The monoisotopic (exact) mass is 650 g/mol. The van der Waals surface area contributed by atoms with Crippen LogP contribution in [0.3, 0.4) is 0 Å². The number of nitrogens with zero attached hydrogens (tertiary/aromatic N) is 3. The number of aliphatic hydroxyl groups excluding tert-OH is 3. The Morgan fingerprint density at radius 1 is 1.06 bits per heavy atom. The number of carbonyl (C=O) groups is 1. The van der Waals surface area contributed by atoms with Crippen molar-refractivity contribution in [3.8, 4) is 0 Å². The van der Waals surface area contributed by atoms with Crippen molar-refractivity contribution in [2.75, 3.05) is 6.61 Å². The molecule has 10 nitrogen and oxygen atoms in total. The second-order valence-corrected chi connectivity index (χ2v) is 16.6. The van der Waals surface area contributed by atoms with Crippen LogP contribution in [0, 0.1) is 59.2 Å². The molecule has 2 aromatic rings. The third kappa shape index (κ3) is 5.41. The third-order valence-electron chi connectivity index (χ3n) is 14.4. The average Bonchev–Trinajstić information content (AvgIpc) is 3.68. The predicted molar refractivity (Wildman–Crippen MR) is 177 cm³/mol. The molecule has 0 aromatic carbocycles. The van der Waals surface area contributed by atoms with Crippen molar-refractivity contribution in [3.63, 3.8) is 0 Å². The van der Waals surface area contributed by atoms with E-state index in [0.717, 1.165) is 37.7 Å². The molecular weight excluding hydrogens is 596 g/mol. The van der Waals surface area contributed by atoms with E-state index >= 15 is 0 Å². The van der Waals surface area contributed by atoms with E-state index in [1.807, 2.05) is 0 Å². The van der Waals surface area contributed by atoms with E-state index < -0.39 is 12.0 Å². The lowest BCUT2D eigenvalue weighted by Crippen LogP contribution is -2.58. The van der Waals surface area contributed by atoms with Crippen molar-refractivity contribution in [3.05, 3.63) is 34.7 Å². The number of rotatable bonds is 7. The lowest BCUT2D eigenvalue weighted by atomic mass is 9.44. The zero-order valence-electron chi connectivity index (χ0n) is 28.5. The number of nitrogens with one attached hydrogen (secondary N) is 1. The van der Waals surface area contributed by atoms with Crippen LogP contribution in [0.2, 0.25) is 0 Å². The number of imidazole rings is 1. The minimum Gasteiger partial charge on any atom is -0.465 e. The van der Waals surface area contributed by atoms with Crippen LogP contribution in [0.1, 0.15) is 103 Å². The molecule has 0 bridgehead atoms. The summed E-state index contributed by atoms with van der Waals surface area (Å²) in [6.45, 7) is 13.2. The van der Waals surface area contributed by atoms with Crippen LogP contribution in [-0.2, 0) is 9.53 Å². The van der Waals surface area contributed by atoms with Gasteiger partial charge in [0.05, 0.1) is 30.7 Å². The summed E-state index contributed by atoms with van der Waals surface area (Å²) in [7, 11) is 0. The van der Waals surface area contributed by atoms with Crippen molar-refractivity contribution in [1.29, 1.82) is 0 Å². The molecule has 4 N–H and O–H groups in total. The summed E-state index contributed by atoms with van der Waals surface area (Å²) in [6, 6.07) is -0.290. The molecule has 5 saturated carbocycles. The molecule has 2 heterocycles. The van der Waals surface area contributed by atoms with Gasteiger partial charge in [0, 0.05) is 12.3 Å². The fourth-order valence-electron chi connectivity index (χ4n) is 11.9. The quantitative estimate of drug-likeness (QED) is 0.245. The van der Waals surface area contributed by atoms with Crippen molar-refractivity contribution in [2.45, 2.75) is 123 Å². The number of ether oxygens (including phenoxy) is 1. The molecule has 0 amide bonds. The van der Waals surface area contributed by atoms with Crippen LogP contribution in [0.5, 0.6) is 0 Å². The number of carbonyl (C=O) groups excluding carboxylic acids is 1. The SMILES string of the molecule is C=C1[C@H](COC(=O)CC[C@@H](C)[C@H]2CCC3C4C[C@H](O)[C@@H]5C[C@H](O)CC[C@]5(C)C4CC[C@@]32C)[C@@H](O)C[C@@H]1n1cnc2c(=O)[nH]c(C)nc21. The average molecular weight is 651 g/mol. The second kappa shape index (κ2) is 12.1. The number of fused-ring (bicyclic) bond motifs is 6. The van der Waals surface area contributed by atoms with Gasteiger partial charge in [-0.3, -0.25) is 9.59 Å². The Morgan fingerprint density at radius 3 is 2.60 bits per heavy atom. The topological polar surface area (TPSA) is 151 Å². The molecule has 5 fully saturated rings. The first-order valence-electron chi connectivity index (χ1n) is 18.1. The molecule has 5 aliphatic rings. The number of aromatic nitrogens is 4. The lowest BCUT2D eigenvalue weighted by molar-refractivity contribution is -0.172. The fourth-order valence-corrected chi connectivity index (χ4v) is 11.9. The normalized spacial score (nSPS) is 42.1. The first-order chi connectivity index (χ1) is 22.3. The molecule has 0 radical (unpaired) electrons.